The Labute approximate surface area is 89.4 Å². The van der Waals surface area contributed by atoms with Crippen LogP contribution in [0.4, 0.5) is 0 Å². The molecule has 0 aliphatic heterocycles. The van der Waals surface area contributed by atoms with Crippen LogP contribution in [-0.2, 0) is 0 Å². The summed E-state index contributed by atoms with van der Waals surface area (Å²) in [5, 5.41) is 0. The standard InChI is InChI=1S/C14H24/c1-9(2)13(10(3)4)14(11(5)6)12(7)8/h11H,1H2,2-8H3. The Morgan fingerprint density at radius 2 is 1.29 bits per heavy atom. The summed E-state index contributed by atoms with van der Waals surface area (Å²) in [6.07, 6.45) is 0. The lowest BCUT2D eigenvalue weighted by Gasteiger charge is -2.20. The molecule has 0 aliphatic rings. The zero-order chi connectivity index (χ0) is 11.5. The predicted molar refractivity (Wildman–Crippen MR) is 66.4 cm³/mol. The van der Waals surface area contributed by atoms with Crippen LogP contribution in [-0.4, -0.2) is 0 Å². The molecule has 0 bridgehead atoms. The average Bonchev–Trinajstić information content (AvgIpc) is 1.96. The monoisotopic (exact) mass is 192 g/mol. The van der Waals surface area contributed by atoms with E-state index in [1.165, 1.54) is 27.9 Å². The summed E-state index contributed by atoms with van der Waals surface area (Å²) < 4.78 is 0. The summed E-state index contributed by atoms with van der Waals surface area (Å²) in [6.45, 7) is 19.3. The van der Waals surface area contributed by atoms with Crippen LogP contribution in [0, 0.1) is 5.92 Å². The van der Waals surface area contributed by atoms with Crippen molar-refractivity contribution in [1.29, 1.82) is 0 Å². The summed E-state index contributed by atoms with van der Waals surface area (Å²) >= 11 is 0. The van der Waals surface area contributed by atoms with E-state index in [1.807, 2.05) is 0 Å². The highest BCUT2D eigenvalue weighted by atomic mass is 14.2. The quantitative estimate of drug-likeness (QED) is 0.558. The fraction of sp³-hybridized carbons (Fsp3) is 0.571. The van der Waals surface area contributed by atoms with Gasteiger partial charge < -0.3 is 0 Å². The number of rotatable bonds is 3. The molecule has 0 aromatic rings. The van der Waals surface area contributed by atoms with Crippen molar-refractivity contribution >= 4 is 0 Å². The summed E-state index contributed by atoms with van der Waals surface area (Å²) in [4.78, 5) is 0. The van der Waals surface area contributed by atoms with Gasteiger partial charge in [0.25, 0.3) is 0 Å². The van der Waals surface area contributed by atoms with Crippen molar-refractivity contribution in [3.63, 3.8) is 0 Å². The van der Waals surface area contributed by atoms with Gasteiger partial charge in [-0.3, -0.25) is 0 Å². The van der Waals surface area contributed by atoms with E-state index in [0.717, 1.165) is 0 Å². The van der Waals surface area contributed by atoms with Crippen LogP contribution >= 0.6 is 0 Å². The molecule has 0 unspecified atom stereocenters. The second kappa shape index (κ2) is 5.19. The molecule has 0 heteroatoms. The molecule has 0 saturated carbocycles. The van der Waals surface area contributed by atoms with E-state index in [-0.39, 0.29) is 0 Å². The van der Waals surface area contributed by atoms with Crippen LogP contribution < -0.4 is 0 Å². The van der Waals surface area contributed by atoms with Crippen molar-refractivity contribution in [2.75, 3.05) is 0 Å². The molecular weight excluding hydrogens is 168 g/mol. The maximum Gasteiger partial charge on any atom is -0.0213 e. The molecule has 0 aromatic carbocycles. The second-order valence-corrected chi connectivity index (χ2v) is 4.72. The third-order valence-corrected chi connectivity index (χ3v) is 2.31. The van der Waals surface area contributed by atoms with E-state index in [2.05, 4.69) is 55.0 Å². The largest absolute Gasteiger partial charge is 0.0955 e. The number of hydrogen-bond donors (Lipinski definition) is 0. The first-order valence-electron chi connectivity index (χ1n) is 5.30. The number of hydrogen-bond acceptors (Lipinski definition) is 0. The first kappa shape index (κ1) is 13.2. The van der Waals surface area contributed by atoms with E-state index in [9.17, 15) is 0 Å². The lowest BCUT2D eigenvalue weighted by molar-refractivity contribution is 0.764. The Bertz CT molecular complexity index is 277. The van der Waals surface area contributed by atoms with Crippen LogP contribution in [0.5, 0.6) is 0 Å². The molecule has 0 saturated heterocycles. The minimum absolute atomic E-state index is 0.571. The Morgan fingerprint density at radius 1 is 0.857 bits per heavy atom. The van der Waals surface area contributed by atoms with Crippen LogP contribution in [0.25, 0.3) is 0 Å². The molecule has 80 valence electrons. The summed E-state index contributed by atoms with van der Waals surface area (Å²) in [6, 6.07) is 0. The highest BCUT2D eigenvalue weighted by Crippen LogP contribution is 2.30. The Hall–Kier alpha value is -0.780. The maximum absolute atomic E-state index is 4.07. The fourth-order valence-electron chi connectivity index (χ4n) is 2.04. The molecular formula is C14H24. The van der Waals surface area contributed by atoms with Gasteiger partial charge in [0.1, 0.15) is 0 Å². The van der Waals surface area contributed by atoms with Crippen molar-refractivity contribution in [2.45, 2.75) is 48.5 Å². The van der Waals surface area contributed by atoms with Crippen molar-refractivity contribution in [3.8, 4) is 0 Å². The zero-order valence-corrected chi connectivity index (χ0v) is 10.8. The van der Waals surface area contributed by atoms with E-state index >= 15 is 0 Å². The van der Waals surface area contributed by atoms with Gasteiger partial charge in [0.15, 0.2) is 0 Å². The van der Waals surface area contributed by atoms with E-state index in [4.69, 9.17) is 0 Å². The van der Waals surface area contributed by atoms with Gasteiger partial charge in [-0.1, -0.05) is 37.1 Å². The first-order valence-corrected chi connectivity index (χ1v) is 5.30. The van der Waals surface area contributed by atoms with Crippen LogP contribution in [0.3, 0.4) is 0 Å². The van der Waals surface area contributed by atoms with Crippen molar-refractivity contribution in [2.24, 2.45) is 5.92 Å². The summed E-state index contributed by atoms with van der Waals surface area (Å²) in [5.74, 6) is 0.571. The predicted octanol–water partition coefficient (Wildman–Crippen LogP) is 4.89. The minimum Gasteiger partial charge on any atom is -0.0955 e. The highest BCUT2D eigenvalue weighted by molar-refractivity contribution is 5.49. The first-order chi connectivity index (χ1) is 6.29. The van der Waals surface area contributed by atoms with Gasteiger partial charge in [-0.15, -0.1) is 0 Å². The zero-order valence-electron chi connectivity index (χ0n) is 10.8. The van der Waals surface area contributed by atoms with Crippen molar-refractivity contribution in [3.05, 3.63) is 34.4 Å². The molecule has 0 heterocycles. The molecule has 0 fully saturated rings. The Morgan fingerprint density at radius 3 is 1.36 bits per heavy atom. The summed E-state index contributed by atoms with van der Waals surface area (Å²) in [5.41, 5.74) is 6.76. The van der Waals surface area contributed by atoms with Gasteiger partial charge in [0.05, 0.1) is 0 Å². The van der Waals surface area contributed by atoms with Gasteiger partial charge in [0, 0.05) is 0 Å². The molecule has 0 rings (SSSR count). The minimum atomic E-state index is 0.571. The molecule has 0 radical (unpaired) electrons. The number of allylic oxidation sites excluding steroid dienone is 5. The Kier molecular flexibility index (Phi) is 4.90. The third-order valence-electron chi connectivity index (χ3n) is 2.31. The van der Waals surface area contributed by atoms with E-state index < -0.39 is 0 Å². The van der Waals surface area contributed by atoms with Crippen LogP contribution in [0.15, 0.2) is 34.4 Å². The molecule has 0 spiro atoms. The summed E-state index contributed by atoms with van der Waals surface area (Å²) in [7, 11) is 0. The normalized spacial score (nSPS) is 10.0. The molecule has 0 atom stereocenters. The van der Waals surface area contributed by atoms with Gasteiger partial charge in [0.2, 0.25) is 0 Å². The van der Waals surface area contributed by atoms with Gasteiger partial charge in [-0.05, 0) is 51.7 Å². The molecule has 0 amide bonds. The van der Waals surface area contributed by atoms with Crippen LogP contribution in [0.2, 0.25) is 0 Å². The van der Waals surface area contributed by atoms with E-state index in [0.29, 0.717) is 5.92 Å². The van der Waals surface area contributed by atoms with Gasteiger partial charge in [-0.2, -0.15) is 0 Å². The van der Waals surface area contributed by atoms with E-state index in [1.54, 1.807) is 0 Å². The second-order valence-electron chi connectivity index (χ2n) is 4.72. The van der Waals surface area contributed by atoms with Crippen molar-refractivity contribution in [1.82, 2.24) is 0 Å². The highest BCUT2D eigenvalue weighted by Gasteiger charge is 2.12. The Balaban J connectivity index is 5.54. The fourth-order valence-corrected chi connectivity index (χ4v) is 2.04. The topological polar surface area (TPSA) is 0 Å². The van der Waals surface area contributed by atoms with Crippen LogP contribution in [0.1, 0.15) is 48.5 Å². The molecule has 14 heavy (non-hydrogen) atoms. The smallest absolute Gasteiger partial charge is 0.0213 e. The third kappa shape index (κ3) is 3.17. The lowest BCUT2D eigenvalue weighted by atomic mass is 9.86. The maximum atomic E-state index is 4.07. The molecule has 0 N–H and O–H groups in total. The average molecular weight is 192 g/mol. The van der Waals surface area contributed by atoms with Crippen molar-refractivity contribution < 1.29 is 0 Å². The van der Waals surface area contributed by atoms with Gasteiger partial charge >= 0.3 is 0 Å². The molecule has 0 aliphatic carbocycles. The van der Waals surface area contributed by atoms with Gasteiger partial charge in [-0.25, -0.2) is 0 Å². The molecule has 0 aromatic heterocycles. The SMILES string of the molecule is C=C(C)C(=C(C)C)C(=C(C)C)C(C)C. The lowest BCUT2D eigenvalue weighted by Crippen LogP contribution is -2.03. The molecule has 0 nitrogen and oxygen atoms in total.